The van der Waals surface area contributed by atoms with Gasteiger partial charge in [-0.25, -0.2) is 0 Å². The van der Waals surface area contributed by atoms with E-state index in [2.05, 4.69) is 5.32 Å². The SMILES string of the molecule is Cc1ccc(C(=O)c2oc3cc(NC(=O)C4CCCCC4)ccc3c2C)cc1. The zero-order chi connectivity index (χ0) is 19.7. The van der Waals surface area contributed by atoms with Crippen molar-refractivity contribution in [3.05, 3.63) is 64.9 Å². The molecule has 0 aliphatic heterocycles. The van der Waals surface area contributed by atoms with Crippen LogP contribution in [0.5, 0.6) is 0 Å². The third-order valence-corrected chi connectivity index (χ3v) is 5.70. The largest absolute Gasteiger partial charge is 0.452 e. The third-order valence-electron chi connectivity index (χ3n) is 5.70. The minimum Gasteiger partial charge on any atom is -0.452 e. The van der Waals surface area contributed by atoms with E-state index >= 15 is 0 Å². The van der Waals surface area contributed by atoms with Crippen molar-refractivity contribution in [2.45, 2.75) is 46.0 Å². The van der Waals surface area contributed by atoms with Crippen LogP contribution in [0.25, 0.3) is 11.0 Å². The first-order chi connectivity index (χ1) is 13.5. The number of carbonyl (C=O) groups is 2. The van der Waals surface area contributed by atoms with Crippen molar-refractivity contribution < 1.29 is 14.0 Å². The van der Waals surface area contributed by atoms with Gasteiger partial charge in [0.25, 0.3) is 0 Å². The van der Waals surface area contributed by atoms with Crippen molar-refractivity contribution in [2.75, 3.05) is 5.32 Å². The third kappa shape index (κ3) is 3.59. The first-order valence-electron chi connectivity index (χ1n) is 9.98. The average Bonchev–Trinajstić information content (AvgIpc) is 3.04. The number of hydrogen-bond acceptors (Lipinski definition) is 3. The number of aryl methyl sites for hydroxylation is 2. The summed E-state index contributed by atoms with van der Waals surface area (Å²) in [4.78, 5) is 25.4. The first-order valence-corrected chi connectivity index (χ1v) is 9.98. The number of hydrogen-bond donors (Lipinski definition) is 1. The molecule has 1 amide bonds. The Morgan fingerprint density at radius 3 is 2.39 bits per heavy atom. The predicted octanol–water partition coefficient (Wildman–Crippen LogP) is 5.80. The summed E-state index contributed by atoms with van der Waals surface area (Å²) in [5.74, 6) is 0.413. The molecular weight excluding hydrogens is 350 g/mol. The number of rotatable bonds is 4. The fourth-order valence-corrected chi connectivity index (χ4v) is 3.96. The number of benzene rings is 2. The minimum absolute atomic E-state index is 0.0817. The number of carbonyl (C=O) groups excluding carboxylic acids is 2. The van der Waals surface area contributed by atoms with Crippen LogP contribution in [0.4, 0.5) is 5.69 Å². The standard InChI is InChI=1S/C24H25NO3/c1-15-8-10-17(11-9-15)22(26)23-16(2)20-13-12-19(14-21(20)28-23)25-24(27)18-6-4-3-5-7-18/h8-14,18H,3-7H2,1-2H3,(H,25,27). The highest BCUT2D eigenvalue weighted by molar-refractivity contribution is 6.10. The van der Waals surface area contributed by atoms with Gasteiger partial charge in [0.15, 0.2) is 5.76 Å². The molecule has 0 saturated heterocycles. The fraction of sp³-hybridized carbons (Fsp3) is 0.333. The highest BCUT2D eigenvalue weighted by Gasteiger charge is 2.22. The number of furan rings is 1. The maximum atomic E-state index is 12.9. The van der Waals surface area contributed by atoms with Crippen LogP contribution in [0, 0.1) is 19.8 Å². The molecule has 1 N–H and O–H groups in total. The quantitative estimate of drug-likeness (QED) is 0.586. The lowest BCUT2D eigenvalue weighted by Crippen LogP contribution is -2.24. The van der Waals surface area contributed by atoms with Crippen LogP contribution >= 0.6 is 0 Å². The Labute approximate surface area is 164 Å². The van der Waals surface area contributed by atoms with Crippen LogP contribution in [-0.4, -0.2) is 11.7 Å². The highest BCUT2D eigenvalue weighted by atomic mass is 16.3. The summed E-state index contributed by atoms with van der Waals surface area (Å²) in [5.41, 5.74) is 3.88. The molecule has 4 rings (SSSR count). The Balaban J connectivity index is 1.59. The molecule has 0 radical (unpaired) electrons. The smallest absolute Gasteiger partial charge is 0.228 e. The van der Waals surface area contributed by atoms with Crippen molar-refractivity contribution >= 4 is 28.3 Å². The molecule has 0 unspecified atom stereocenters. The number of fused-ring (bicyclic) bond motifs is 1. The van der Waals surface area contributed by atoms with Gasteiger partial charge >= 0.3 is 0 Å². The van der Waals surface area contributed by atoms with E-state index in [0.717, 1.165) is 42.2 Å². The molecule has 1 saturated carbocycles. The van der Waals surface area contributed by atoms with Gasteiger partial charge in [-0.3, -0.25) is 9.59 Å². The lowest BCUT2D eigenvalue weighted by molar-refractivity contribution is -0.120. The second-order valence-electron chi connectivity index (χ2n) is 7.79. The zero-order valence-corrected chi connectivity index (χ0v) is 16.4. The van der Waals surface area contributed by atoms with Gasteiger partial charge in [-0.15, -0.1) is 0 Å². The number of nitrogens with one attached hydrogen (secondary N) is 1. The molecule has 4 heteroatoms. The van der Waals surface area contributed by atoms with Crippen LogP contribution in [0.1, 0.15) is 59.3 Å². The Morgan fingerprint density at radius 2 is 1.68 bits per heavy atom. The molecule has 28 heavy (non-hydrogen) atoms. The molecule has 2 aromatic carbocycles. The van der Waals surface area contributed by atoms with E-state index in [4.69, 9.17) is 4.42 Å². The number of amides is 1. The Kier molecular flexibility index (Phi) is 5.03. The van der Waals surface area contributed by atoms with Gasteiger partial charge in [-0.1, -0.05) is 49.1 Å². The van der Waals surface area contributed by atoms with E-state index in [1.165, 1.54) is 6.42 Å². The van der Waals surface area contributed by atoms with Gasteiger partial charge in [0, 0.05) is 34.2 Å². The molecule has 4 nitrogen and oxygen atoms in total. The van der Waals surface area contributed by atoms with Crippen molar-refractivity contribution in [1.29, 1.82) is 0 Å². The van der Waals surface area contributed by atoms with Gasteiger partial charge in [0.1, 0.15) is 5.58 Å². The topological polar surface area (TPSA) is 59.3 Å². The van der Waals surface area contributed by atoms with Crippen molar-refractivity contribution in [3.63, 3.8) is 0 Å². The molecule has 0 bridgehead atoms. The lowest BCUT2D eigenvalue weighted by atomic mass is 9.88. The van der Waals surface area contributed by atoms with E-state index < -0.39 is 0 Å². The molecule has 144 valence electrons. The summed E-state index contributed by atoms with van der Waals surface area (Å²) >= 11 is 0. The second kappa shape index (κ2) is 7.63. The van der Waals surface area contributed by atoms with E-state index in [1.54, 1.807) is 0 Å². The normalized spacial score (nSPS) is 14.9. The second-order valence-corrected chi connectivity index (χ2v) is 7.79. The molecule has 1 aromatic heterocycles. The van der Waals surface area contributed by atoms with Gasteiger partial charge in [0.05, 0.1) is 0 Å². The molecule has 1 fully saturated rings. The molecule has 3 aromatic rings. The minimum atomic E-state index is -0.124. The highest BCUT2D eigenvalue weighted by Crippen LogP contribution is 2.30. The van der Waals surface area contributed by atoms with E-state index in [1.807, 2.05) is 56.3 Å². The summed E-state index contributed by atoms with van der Waals surface area (Å²) < 4.78 is 5.91. The van der Waals surface area contributed by atoms with Crippen molar-refractivity contribution in [1.82, 2.24) is 0 Å². The summed E-state index contributed by atoms with van der Waals surface area (Å²) in [5, 5.41) is 3.91. The zero-order valence-electron chi connectivity index (χ0n) is 16.4. The number of ketones is 1. The number of anilines is 1. The molecular formula is C24H25NO3. The summed E-state index contributed by atoms with van der Waals surface area (Å²) in [7, 11) is 0. The molecule has 1 heterocycles. The summed E-state index contributed by atoms with van der Waals surface area (Å²) in [6, 6.07) is 13.1. The van der Waals surface area contributed by atoms with Gasteiger partial charge in [-0.05, 0) is 38.8 Å². The fourth-order valence-electron chi connectivity index (χ4n) is 3.96. The van der Waals surface area contributed by atoms with Crippen LogP contribution < -0.4 is 5.32 Å². The Hall–Kier alpha value is -2.88. The lowest BCUT2D eigenvalue weighted by Gasteiger charge is -2.20. The summed E-state index contributed by atoms with van der Waals surface area (Å²) in [6.07, 6.45) is 5.39. The van der Waals surface area contributed by atoms with E-state index in [0.29, 0.717) is 22.6 Å². The molecule has 1 aliphatic carbocycles. The Morgan fingerprint density at radius 1 is 0.964 bits per heavy atom. The van der Waals surface area contributed by atoms with Gasteiger partial charge in [0.2, 0.25) is 11.7 Å². The summed E-state index contributed by atoms with van der Waals surface area (Å²) in [6.45, 7) is 3.89. The van der Waals surface area contributed by atoms with Crippen LogP contribution in [0.2, 0.25) is 0 Å². The van der Waals surface area contributed by atoms with Crippen molar-refractivity contribution in [3.8, 4) is 0 Å². The predicted molar refractivity (Wildman–Crippen MR) is 111 cm³/mol. The van der Waals surface area contributed by atoms with E-state index in [9.17, 15) is 9.59 Å². The van der Waals surface area contributed by atoms with Crippen molar-refractivity contribution in [2.24, 2.45) is 5.92 Å². The maximum absolute atomic E-state index is 12.9. The first kappa shape index (κ1) is 18.5. The Bertz CT molecular complexity index is 1020. The van der Waals surface area contributed by atoms with Gasteiger partial charge in [-0.2, -0.15) is 0 Å². The monoisotopic (exact) mass is 375 g/mol. The molecule has 0 spiro atoms. The van der Waals surface area contributed by atoms with Gasteiger partial charge < -0.3 is 9.73 Å². The molecule has 0 atom stereocenters. The average molecular weight is 375 g/mol. The van der Waals surface area contributed by atoms with Crippen LogP contribution in [-0.2, 0) is 4.79 Å². The maximum Gasteiger partial charge on any atom is 0.228 e. The van der Waals surface area contributed by atoms with Crippen LogP contribution in [0.15, 0.2) is 46.9 Å². The van der Waals surface area contributed by atoms with E-state index in [-0.39, 0.29) is 17.6 Å². The molecule has 1 aliphatic rings. The van der Waals surface area contributed by atoms with Crippen LogP contribution in [0.3, 0.4) is 0 Å².